The number of nitrogens with one attached hydrogen (secondary N) is 1. The molecule has 0 aliphatic carbocycles. The zero-order chi connectivity index (χ0) is 26.0. The normalized spacial score (nSPS) is 12.8. The van der Waals surface area contributed by atoms with Crippen LogP contribution in [0.15, 0.2) is 35.5 Å². The van der Waals surface area contributed by atoms with Crippen molar-refractivity contribution >= 4 is 32.2 Å². The quantitative estimate of drug-likeness (QED) is 0.440. The van der Waals surface area contributed by atoms with Gasteiger partial charge in [-0.2, -0.15) is 13.2 Å². The number of hydrogen-bond acceptors (Lipinski definition) is 9. The van der Waals surface area contributed by atoms with Gasteiger partial charge in [0.05, 0.1) is 48.6 Å². The van der Waals surface area contributed by atoms with Crippen molar-refractivity contribution in [1.82, 2.24) is 9.97 Å². The summed E-state index contributed by atoms with van der Waals surface area (Å²) in [6.45, 7) is 2.31. The molecule has 35 heavy (non-hydrogen) atoms. The van der Waals surface area contributed by atoms with Crippen molar-refractivity contribution < 1.29 is 40.5 Å². The summed E-state index contributed by atoms with van der Waals surface area (Å²) in [6.07, 6.45) is -5.57. The zero-order valence-corrected chi connectivity index (χ0v) is 20.4. The first-order valence-electron chi connectivity index (χ1n) is 10.3. The summed E-state index contributed by atoms with van der Waals surface area (Å²) in [5.41, 5.74) is 0.327. The number of fused-ring (bicyclic) bond motifs is 1. The molecule has 0 saturated heterocycles. The molecule has 1 N–H and O–H groups in total. The second-order valence-corrected chi connectivity index (χ2v) is 9.53. The van der Waals surface area contributed by atoms with Crippen LogP contribution in [-0.4, -0.2) is 57.7 Å². The number of rotatable bonds is 9. The van der Waals surface area contributed by atoms with Gasteiger partial charge < -0.3 is 24.3 Å². The molecule has 0 spiro atoms. The first kappa shape index (κ1) is 26.1. The maximum atomic E-state index is 13.2. The number of benzene rings is 2. The molecule has 1 aromatic heterocycles. The Hall–Kier alpha value is -3.48. The number of hydrogen-bond donors (Lipinski definition) is 1. The predicted octanol–water partition coefficient (Wildman–Crippen LogP) is 4.52. The second kappa shape index (κ2) is 10.0. The van der Waals surface area contributed by atoms with E-state index in [1.54, 1.807) is 6.07 Å². The minimum Gasteiger partial charge on any atom is -0.493 e. The summed E-state index contributed by atoms with van der Waals surface area (Å²) in [5.74, 6) is 0.464. The number of aromatic nitrogens is 2. The molecular weight excluding hydrogens is 491 g/mol. The van der Waals surface area contributed by atoms with Crippen LogP contribution in [0.25, 0.3) is 10.9 Å². The molecule has 3 rings (SSSR count). The molecule has 0 amide bonds. The van der Waals surface area contributed by atoms with E-state index in [0.29, 0.717) is 16.7 Å². The molecular formula is C22H24F3N3O6S. The van der Waals surface area contributed by atoms with Crippen molar-refractivity contribution in [2.24, 2.45) is 0 Å². The second-order valence-electron chi connectivity index (χ2n) is 7.25. The Bertz CT molecular complexity index is 1330. The van der Waals surface area contributed by atoms with E-state index in [9.17, 15) is 21.6 Å². The topological polar surface area (TPSA) is 109 Å². The number of nitrogens with zero attached hydrogens (tertiary/aromatic N) is 2. The summed E-state index contributed by atoms with van der Waals surface area (Å²) in [7, 11) is 0.565. The molecule has 1 atom stereocenters. The molecule has 13 heteroatoms. The number of alkyl halides is 3. The molecule has 0 bridgehead atoms. The van der Waals surface area contributed by atoms with E-state index in [1.165, 1.54) is 46.7 Å². The van der Waals surface area contributed by atoms with Crippen LogP contribution in [0.1, 0.15) is 13.8 Å². The predicted molar refractivity (Wildman–Crippen MR) is 123 cm³/mol. The summed E-state index contributed by atoms with van der Waals surface area (Å²) < 4.78 is 85.8. The van der Waals surface area contributed by atoms with Gasteiger partial charge in [0.2, 0.25) is 5.75 Å². The summed E-state index contributed by atoms with van der Waals surface area (Å²) in [5, 5.41) is 3.21. The van der Waals surface area contributed by atoms with Crippen LogP contribution in [0.3, 0.4) is 0 Å². The first-order valence-corrected chi connectivity index (χ1v) is 11.9. The molecule has 9 nitrogen and oxygen atoms in total. The van der Waals surface area contributed by atoms with E-state index in [2.05, 4.69) is 15.3 Å². The van der Waals surface area contributed by atoms with Crippen molar-refractivity contribution in [3.8, 4) is 23.0 Å². The first-order chi connectivity index (χ1) is 16.5. The smallest absolute Gasteiger partial charge is 0.425 e. The van der Waals surface area contributed by atoms with Crippen LogP contribution >= 0.6 is 0 Å². The van der Waals surface area contributed by atoms with Crippen LogP contribution < -0.4 is 24.3 Å². The van der Waals surface area contributed by atoms with E-state index in [0.717, 1.165) is 13.0 Å². The number of halogens is 3. The maximum Gasteiger partial charge on any atom is 0.425 e. The fraction of sp³-hybridized carbons (Fsp3) is 0.364. The lowest BCUT2D eigenvalue weighted by atomic mass is 10.1. The van der Waals surface area contributed by atoms with Gasteiger partial charge in [-0.15, -0.1) is 0 Å². The Morgan fingerprint density at radius 2 is 1.69 bits per heavy atom. The molecule has 3 aromatic rings. The molecule has 1 unspecified atom stereocenters. The van der Waals surface area contributed by atoms with Gasteiger partial charge in [-0.3, -0.25) is 0 Å². The molecule has 0 fully saturated rings. The SMILES string of the molecule is CCS(=O)(=O)c1ccc(OC(C)C(F)(F)F)c(Nc2ncnc3cc(OC)c(OC)c(OC)c23)c1. The van der Waals surface area contributed by atoms with Gasteiger partial charge in [0.1, 0.15) is 17.9 Å². The standard InChI is InChI=1S/C22H24F3N3O6S/c1-6-35(29,30)13-7-8-16(34-12(2)22(23,24)25)14(9-13)28-21-18-15(26-11-27-21)10-17(31-3)19(32-4)20(18)33-5/h7-12H,6H2,1-5H3,(H,26,27,28). The highest BCUT2D eigenvalue weighted by Gasteiger charge is 2.38. The van der Waals surface area contributed by atoms with E-state index in [4.69, 9.17) is 18.9 Å². The van der Waals surface area contributed by atoms with Gasteiger partial charge in [-0.05, 0) is 25.1 Å². The lowest BCUT2D eigenvalue weighted by Crippen LogP contribution is -2.31. The minimum absolute atomic E-state index is 0.0486. The summed E-state index contributed by atoms with van der Waals surface area (Å²) in [6, 6.07) is 5.12. The number of methoxy groups -OCH3 is 3. The third kappa shape index (κ3) is 5.29. The van der Waals surface area contributed by atoms with E-state index >= 15 is 0 Å². The molecule has 0 aliphatic rings. The number of ether oxygens (including phenoxy) is 4. The van der Waals surface area contributed by atoms with E-state index in [1.807, 2.05) is 0 Å². The van der Waals surface area contributed by atoms with Crippen molar-refractivity contribution in [2.45, 2.75) is 31.0 Å². The fourth-order valence-corrected chi connectivity index (χ4v) is 4.14. The summed E-state index contributed by atoms with van der Waals surface area (Å²) >= 11 is 0. The average Bonchev–Trinajstić information content (AvgIpc) is 2.82. The van der Waals surface area contributed by atoms with Gasteiger partial charge in [-0.1, -0.05) is 6.92 Å². The Labute approximate surface area is 200 Å². The van der Waals surface area contributed by atoms with Crippen molar-refractivity contribution in [2.75, 3.05) is 32.4 Å². The maximum absolute atomic E-state index is 13.2. The van der Waals surface area contributed by atoms with Crippen molar-refractivity contribution in [3.05, 3.63) is 30.6 Å². The zero-order valence-electron chi connectivity index (χ0n) is 19.6. The molecule has 0 saturated carbocycles. The van der Waals surface area contributed by atoms with Gasteiger partial charge in [0, 0.05) is 6.07 Å². The highest BCUT2D eigenvalue weighted by molar-refractivity contribution is 7.91. The van der Waals surface area contributed by atoms with Gasteiger partial charge in [0.25, 0.3) is 0 Å². The lowest BCUT2D eigenvalue weighted by Gasteiger charge is -2.21. The lowest BCUT2D eigenvalue weighted by molar-refractivity contribution is -0.189. The number of anilines is 2. The average molecular weight is 516 g/mol. The van der Waals surface area contributed by atoms with E-state index < -0.39 is 22.1 Å². The minimum atomic E-state index is -4.64. The Morgan fingerprint density at radius 3 is 2.26 bits per heavy atom. The van der Waals surface area contributed by atoms with Crippen molar-refractivity contribution in [1.29, 1.82) is 0 Å². The molecule has 0 aliphatic heterocycles. The van der Waals surface area contributed by atoms with Crippen LogP contribution in [-0.2, 0) is 9.84 Å². The fourth-order valence-electron chi connectivity index (χ4n) is 3.24. The summed E-state index contributed by atoms with van der Waals surface area (Å²) in [4.78, 5) is 8.31. The molecule has 2 aromatic carbocycles. The third-order valence-electron chi connectivity index (χ3n) is 5.14. The van der Waals surface area contributed by atoms with Crippen LogP contribution in [0.2, 0.25) is 0 Å². The molecule has 0 radical (unpaired) electrons. The Kier molecular flexibility index (Phi) is 7.48. The molecule has 1 heterocycles. The van der Waals surface area contributed by atoms with Gasteiger partial charge in [-0.25, -0.2) is 18.4 Å². The van der Waals surface area contributed by atoms with Gasteiger partial charge >= 0.3 is 6.18 Å². The highest BCUT2D eigenvalue weighted by Crippen LogP contribution is 2.46. The van der Waals surface area contributed by atoms with Crippen LogP contribution in [0.5, 0.6) is 23.0 Å². The van der Waals surface area contributed by atoms with Crippen LogP contribution in [0.4, 0.5) is 24.7 Å². The highest BCUT2D eigenvalue weighted by atomic mass is 32.2. The van der Waals surface area contributed by atoms with Crippen LogP contribution in [0, 0.1) is 0 Å². The largest absolute Gasteiger partial charge is 0.493 e. The number of sulfone groups is 1. The molecule has 190 valence electrons. The third-order valence-corrected chi connectivity index (χ3v) is 6.87. The Balaban J connectivity index is 2.23. The van der Waals surface area contributed by atoms with Gasteiger partial charge in [0.15, 0.2) is 27.4 Å². The Morgan fingerprint density at radius 1 is 1.00 bits per heavy atom. The van der Waals surface area contributed by atoms with E-state index in [-0.39, 0.29) is 39.4 Å². The monoisotopic (exact) mass is 515 g/mol. The van der Waals surface area contributed by atoms with Crippen molar-refractivity contribution in [3.63, 3.8) is 0 Å².